The summed E-state index contributed by atoms with van der Waals surface area (Å²) in [6.07, 6.45) is 0.627. The van der Waals surface area contributed by atoms with E-state index in [4.69, 9.17) is 9.47 Å². The van der Waals surface area contributed by atoms with Gasteiger partial charge in [0.15, 0.2) is 0 Å². The minimum absolute atomic E-state index is 0.198. The molecule has 0 aliphatic carbocycles. The maximum absolute atomic E-state index is 10.8. The summed E-state index contributed by atoms with van der Waals surface area (Å²) in [6.45, 7) is 4.42. The SMILES string of the molecule is CCOC(=O)CNCCOCCNC=O. The summed E-state index contributed by atoms with van der Waals surface area (Å²) in [5.74, 6) is -0.264. The third kappa shape index (κ3) is 10.8. The molecule has 6 nitrogen and oxygen atoms in total. The molecule has 0 saturated heterocycles. The Bertz CT molecular complexity index is 175. The Morgan fingerprint density at radius 2 is 2.07 bits per heavy atom. The van der Waals surface area contributed by atoms with E-state index in [0.717, 1.165) is 0 Å². The van der Waals surface area contributed by atoms with Gasteiger partial charge in [-0.3, -0.25) is 9.59 Å². The van der Waals surface area contributed by atoms with Crippen LogP contribution in [0, 0.1) is 0 Å². The van der Waals surface area contributed by atoms with E-state index in [9.17, 15) is 9.59 Å². The molecule has 0 fully saturated rings. The van der Waals surface area contributed by atoms with Gasteiger partial charge in [0, 0.05) is 13.1 Å². The Morgan fingerprint density at radius 3 is 2.73 bits per heavy atom. The first-order valence-corrected chi connectivity index (χ1v) is 4.92. The maximum atomic E-state index is 10.8. The Balaban J connectivity index is 3.04. The Labute approximate surface area is 89.3 Å². The van der Waals surface area contributed by atoms with Gasteiger partial charge in [0.1, 0.15) is 0 Å². The zero-order valence-corrected chi connectivity index (χ0v) is 8.95. The van der Waals surface area contributed by atoms with Crippen molar-refractivity contribution in [2.24, 2.45) is 0 Å². The average Bonchev–Trinajstić information content (AvgIpc) is 2.22. The van der Waals surface area contributed by atoms with Crippen LogP contribution in [0.1, 0.15) is 6.92 Å². The lowest BCUT2D eigenvalue weighted by Crippen LogP contribution is -2.28. The molecule has 0 aromatic heterocycles. The molecule has 0 rings (SSSR count). The summed E-state index contributed by atoms with van der Waals surface area (Å²) in [5.41, 5.74) is 0. The molecular weight excluding hydrogens is 200 g/mol. The standard InChI is InChI=1S/C9H18N2O4/c1-2-15-9(13)7-10-3-5-14-6-4-11-8-12/h8,10H,2-7H2,1H3,(H,11,12). The predicted molar refractivity (Wildman–Crippen MR) is 54.4 cm³/mol. The third-order valence-electron chi connectivity index (χ3n) is 1.47. The van der Waals surface area contributed by atoms with Crippen LogP contribution < -0.4 is 10.6 Å². The summed E-state index contributed by atoms with van der Waals surface area (Å²) in [6, 6.07) is 0. The van der Waals surface area contributed by atoms with Crippen molar-refractivity contribution in [1.82, 2.24) is 10.6 Å². The Hall–Kier alpha value is -1.14. The molecule has 0 aromatic rings. The summed E-state index contributed by atoms with van der Waals surface area (Å²) < 4.78 is 9.85. The zero-order chi connectivity index (χ0) is 11.4. The van der Waals surface area contributed by atoms with E-state index in [1.54, 1.807) is 6.92 Å². The van der Waals surface area contributed by atoms with Crippen LogP contribution in [0.25, 0.3) is 0 Å². The maximum Gasteiger partial charge on any atom is 0.319 e. The molecule has 2 N–H and O–H groups in total. The number of carbonyl (C=O) groups excluding carboxylic acids is 2. The third-order valence-corrected chi connectivity index (χ3v) is 1.47. The van der Waals surface area contributed by atoms with Gasteiger partial charge in [0.25, 0.3) is 0 Å². The Morgan fingerprint density at radius 1 is 1.33 bits per heavy atom. The van der Waals surface area contributed by atoms with Crippen LogP contribution in [0.5, 0.6) is 0 Å². The van der Waals surface area contributed by atoms with Crippen molar-refractivity contribution in [3.63, 3.8) is 0 Å². The van der Waals surface area contributed by atoms with Crippen LogP contribution >= 0.6 is 0 Å². The second-order valence-electron chi connectivity index (χ2n) is 2.67. The molecule has 88 valence electrons. The minimum atomic E-state index is -0.264. The van der Waals surface area contributed by atoms with E-state index in [0.29, 0.717) is 39.3 Å². The van der Waals surface area contributed by atoms with Gasteiger partial charge in [-0.1, -0.05) is 0 Å². The minimum Gasteiger partial charge on any atom is -0.465 e. The number of carbonyl (C=O) groups is 2. The fourth-order valence-electron chi connectivity index (χ4n) is 0.839. The summed E-state index contributed by atoms with van der Waals surface area (Å²) >= 11 is 0. The van der Waals surface area contributed by atoms with Crippen molar-refractivity contribution >= 4 is 12.4 Å². The van der Waals surface area contributed by atoms with Gasteiger partial charge in [0.05, 0.1) is 26.4 Å². The van der Waals surface area contributed by atoms with Gasteiger partial charge in [-0.15, -0.1) is 0 Å². The van der Waals surface area contributed by atoms with Crippen molar-refractivity contribution in [3.05, 3.63) is 0 Å². The fourth-order valence-corrected chi connectivity index (χ4v) is 0.839. The van der Waals surface area contributed by atoms with Crippen LogP contribution in [-0.4, -0.2) is 51.8 Å². The van der Waals surface area contributed by atoms with Gasteiger partial charge in [-0.2, -0.15) is 0 Å². The zero-order valence-electron chi connectivity index (χ0n) is 8.95. The van der Waals surface area contributed by atoms with Crippen molar-refractivity contribution < 1.29 is 19.1 Å². The molecule has 0 atom stereocenters. The van der Waals surface area contributed by atoms with Crippen LogP contribution in [-0.2, 0) is 19.1 Å². The van der Waals surface area contributed by atoms with Crippen LogP contribution in [0.3, 0.4) is 0 Å². The molecule has 0 unspecified atom stereocenters. The van der Waals surface area contributed by atoms with E-state index in [-0.39, 0.29) is 12.5 Å². The van der Waals surface area contributed by atoms with Crippen molar-refractivity contribution in [2.75, 3.05) is 39.5 Å². The first kappa shape index (κ1) is 13.9. The highest BCUT2D eigenvalue weighted by molar-refractivity contribution is 5.71. The van der Waals surface area contributed by atoms with E-state index in [1.165, 1.54) is 0 Å². The normalized spacial score (nSPS) is 9.67. The highest BCUT2D eigenvalue weighted by Gasteiger charge is 1.98. The fraction of sp³-hybridized carbons (Fsp3) is 0.778. The number of esters is 1. The first-order chi connectivity index (χ1) is 7.31. The van der Waals surface area contributed by atoms with Crippen molar-refractivity contribution in [3.8, 4) is 0 Å². The number of ether oxygens (including phenoxy) is 2. The quantitative estimate of drug-likeness (QED) is 0.276. The molecule has 0 bridgehead atoms. The Kier molecular flexibility index (Phi) is 10.1. The number of nitrogens with one attached hydrogen (secondary N) is 2. The smallest absolute Gasteiger partial charge is 0.319 e. The summed E-state index contributed by atoms with van der Waals surface area (Å²) in [7, 11) is 0. The highest BCUT2D eigenvalue weighted by Crippen LogP contribution is 1.76. The number of amides is 1. The van der Waals surface area contributed by atoms with Gasteiger partial charge < -0.3 is 20.1 Å². The topological polar surface area (TPSA) is 76.7 Å². The van der Waals surface area contributed by atoms with Crippen LogP contribution in [0.15, 0.2) is 0 Å². The molecule has 6 heteroatoms. The molecule has 0 heterocycles. The lowest BCUT2D eigenvalue weighted by molar-refractivity contribution is -0.142. The molecule has 0 spiro atoms. The molecule has 15 heavy (non-hydrogen) atoms. The van der Waals surface area contributed by atoms with Gasteiger partial charge in [-0.05, 0) is 6.92 Å². The number of hydrogen-bond acceptors (Lipinski definition) is 5. The lowest BCUT2D eigenvalue weighted by atomic mass is 10.6. The number of rotatable bonds is 10. The average molecular weight is 218 g/mol. The van der Waals surface area contributed by atoms with E-state index in [2.05, 4.69) is 10.6 Å². The molecular formula is C9H18N2O4. The first-order valence-electron chi connectivity index (χ1n) is 4.92. The monoisotopic (exact) mass is 218 g/mol. The highest BCUT2D eigenvalue weighted by atomic mass is 16.5. The summed E-state index contributed by atoms with van der Waals surface area (Å²) in [5, 5.41) is 5.35. The van der Waals surface area contributed by atoms with Gasteiger partial charge >= 0.3 is 5.97 Å². The lowest BCUT2D eigenvalue weighted by Gasteiger charge is -2.05. The molecule has 0 aliphatic heterocycles. The van der Waals surface area contributed by atoms with Gasteiger partial charge in [0.2, 0.25) is 6.41 Å². The molecule has 0 radical (unpaired) electrons. The number of hydrogen-bond donors (Lipinski definition) is 2. The molecule has 0 saturated carbocycles. The molecule has 0 aromatic carbocycles. The predicted octanol–water partition coefficient (Wildman–Crippen LogP) is -1.10. The van der Waals surface area contributed by atoms with Crippen molar-refractivity contribution in [2.45, 2.75) is 6.92 Å². The second kappa shape index (κ2) is 10.9. The van der Waals surface area contributed by atoms with Crippen LogP contribution in [0.2, 0.25) is 0 Å². The van der Waals surface area contributed by atoms with E-state index < -0.39 is 0 Å². The van der Waals surface area contributed by atoms with E-state index in [1.807, 2.05) is 0 Å². The molecule has 1 amide bonds. The van der Waals surface area contributed by atoms with Crippen molar-refractivity contribution in [1.29, 1.82) is 0 Å². The van der Waals surface area contributed by atoms with Gasteiger partial charge in [-0.25, -0.2) is 0 Å². The van der Waals surface area contributed by atoms with E-state index >= 15 is 0 Å². The van der Waals surface area contributed by atoms with Crippen LogP contribution in [0.4, 0.5) is 0 Å². The second-order valence-corrected chi connectivity index (χ2v) is 2.67. The molecule has 0 aliphatic rings. The largest absolute Gasteiger partial charge is 0.465 e. The summed E-state index contributed by atoms with van der Waals surface area (Å²) in [4.78, 5) is 20.7.